The fraction of sp³-hybridized carbons (Fsp3) is 0.222. The van der Waals surface area contributed by atoms with E-state index in [1.54, 1.807) is 12.1 Å². The Morgan fingerprint density at radius 1 is 1.50 bits per heavy atom. The van der Waals surface area contributed by atoms with Crippen molar-refractivity contribution < 1.29 is 4.39 Å². The SMILES string of the molecule is NCCc1nc(Br)c2cccc(F)n12. The molecule has 0 aliphatic heterocycles. The number of imidazole rings is 1. The first-order chi connectivity index (χ1) is 6.74. The van der Waals surface area contributed by atoms with E-state index in [0.717, 1.165) is 5.52 Å². The number of fused-ring (bicyclic) bond motifs is 1. The van der Waals surface area contributed by atoms with Crippen molar-refractivity contribution in [1.29, 1.82) is 0 Å². The Kier molecular flexibility index (Phi) is 2.52. The molecule has 0 fully saturated rings. The van der Waals surface area contributed by atoms with Crippen LogP contribution in [0.2, 0.25) is 0 Å². The predicted molar refractivity (Wildman–Crippen MR) is 55.6 cm³/mol. The van der Waals surface area contributed by atoms with Gasteiger partial charge in [-0.05, 0) is 34.6 Å². The van der Waals surface area contributed by atoms with Crippen molar-refractivity contribution in [1.82, 2.24) is 9.38 Å². The summed E-state index contributed by atoms with van der Waals surface area (Å²) in [6, 6.07) is 4.87. The van der Waals surface area contributed by atoms with Crippen LogP contribution < -0.4 is 5.73 Å². The number of hydrogen-bond acceptors (Lipinski definition) is 2. The molecule has 0 saturated heterocycles. The van der Waals surface area contributed by atoms with E-state index in [2.05, 4.69) is 20.9 Å². The van der Waals surface area contributed by atoms with Gasteiger partial charge in [-0.15, -0.1) is 0 Å². The van der Waals surface area contributed by atoms with Crippen LogP contribution >= 0.6 is 15.9 Å². The molecule has 0 aliphatic rings. The average Bonchev–Trinajstić information content (AvgIpc) is 2.46. The van der Waals surface area contributed by atoms with Crippen LogP contribution in [0.1, 0.15) is 5.82 Å². The highest BCUT2D eigenvalue weighted by atomic mass is 79.9. The van der Waals surface area contributed by atoms with Gasteiger partial charge in [0.2, 0.25) is 0 Å². The summed E-state index contributed by atoms with van der Waals surface area (Å²) in [5.41, 5.74) is 6.15. The summed E-state index contributed by atoms with van der Waals surface area (Å²) in [6.45, 7) is 0.458. The summed E-state index contributed by atoms with van der Waals surface area (Å²) >= 11 is 3.28. The molecule has 0 atom stereocenters. The van der Waals surface area contributed by atoms with E-state index in [-0.39, 0.29) is 5.95 Å². The van der Waals surface area contributed by atoms with Crippen molar-refractivity contribution in [2.24, 2.45) is 5.73 Å². The molecule has 14 heavy (non-hydrogen) atoms. The minimum absolute atomic E-state index is 0.316. The second kappa shape index (κ2) is 3.67. The summed E-state index contributed by atoms with van der Waals surface area (Å²) in [5, 5.41) is 0. The topological polar surface area (TPSA) is 43.3 Å². The van der Waals surface area contributed by atoms with Crippen molar-refractivity contribution in [2.75, 3.05) is 6.54 Å². The van der Waals surface area contributed by atoms with Gasteiger partial charge < -0.3 is 5.73 Å². The Morgan fingerprint density at radius 2 is 2.29 bits per heavy atom. The normalized spacial score (nSPS) is 11.1. The molecule has 74 valence electrons. The van der Waals surface area contributed by atoms with Crippen LogP contribution in [0, 0.1) is 5.95 Å². The number of nitrogens with zero attached hydrogens (tertiary/aromatic N) is 2. The molecule has 2 heterocycles. The third-order valence-electron chi connectivity index (χ3n) is 2.01. The van der Waals surface area contributed by atoms with Crippen LogP contribution in [0.15, 0.2) is 22.8 Å². The molecule has 0 saturated carbocycles. The lowest BCUT2D eigenvalue weighted by Gasteiger charge is -2.00. The van der Waals surface area contributed by atoms with Gasteiger partial charge in [0.1, 0.15) is 10.4 Å². The van der Waals surface area contributed by atoms with Gasteiger partial charge in [-0.1, -0.05) is 6.07 Å². The number of pyridine rings is 1. The maximum Gasteiger partial charge on any atom is 0.199 e. The molecule has 0 amide bonds. The number of hydrogen-bond donors (Lipinski definition) is 1. The van der Waals surface area contributed by atoms with Crippen molar-refractivity contribution in [2.45, 2.75) is 6.42 Å². The maximum atomic E-state index is 13.4. The largest absolute Gasteiger partial charge is 0.330 e. The van der Waals surface area contributed by atoms with E-state index >= 15 is 0 Å². The Hall–Kier alpha value is -0.940. The monoisotopic (exact) mass is 257 g/mol. The summed E-state index contributed by atoms with van der Waals surface area (Å²) in [4.78, 5) is 4.20. The molecule has 0 bridgehead atoms. The third-order valence-corrected chi connectivity index (χ3v) is 2.59. The van der Waals surface area contributed by atoms with Gasteiger partial charge in [-0.25, -0.2) is 4.98 Å². The molecule has 2 aromatic heterocycles. The lowest BCUT2D eigenvalue weighted by Crippen LogP contribution is -2.07. The van der Waals surface area contributed by atoms with E-state index in [1.165, 1.54) is 10.5 Å². The van der Waals surface area contributed by atoms with Gasteiger partial charge in [-0.3, -0.25) is 4.40 Å². The fourth-order valence-electron chi connectivity index (χ4n) is 1.42. The molecule has 2 N–H and O–H groups in total. The molecule has 0 aliphatic carbocycles. The molecule has 0 aromatic carbocycles. The third kappa shape index (κ3) is 1.42. The highest BCUT2D eigenvalue weighted by Gasteiger charge is 2.10. The van der Waals surface area contributed by atoms with E-state index < -0.39 is 0 Å². The van der Waals surface area contributed by atoms with Crippen molar-refractivity contribution in [3.63, 3.8) is 0 Å². The summed E-state index contributed by atoms with van der Waals surface area (Å²) < 4.78 is 15.6. The predicted octanol–water partition coefficient (Wildman–Crippen LogP) is 1.74. The van der Waals surface area contributed by atoms with Crippen LogP contribution in [-0.4, -0.2) is 15.9 Å². The zero-order chi connectivity index (χ0) is 10.1. The average molecular weight is 258 g/mol. The molecule has 0 spiro atoms. The highest BCUT2D eigenvalue weighted by molar-refractivity contribution is 9.10. The summed E-state index contributed by atoms with van der Waals surface area (Å²) in [6.07, 6.45) is 0.563. The molecule has 0 radical (unpaired) electrons. The number of aromatic nitrogens is 2. The summed E-state index contributed by atoms with van der Waals surface area (Å²) in [7, 11) is 0. The molecule has 3 nitrogen and oxygen atoms in total. The Bertz CT molecular complexity index is 466. The first kappa shape index (κ1) is 9.61. The van der Waals surface area contributed by atoms with Crippen molar-refractivity contribution in [3.8, 4) is 0 Å². The highest BCUT2D eigenvalue weighted by Crippen LogP contribution is 2.20. The van der Waals surface area contributed by atoms with Crippen LogP contribution in [-0.2, 0) is 6.42 Å². The molecule has 2 rings (SSSR count). The van der Waals surface area contributed by atoms with E-state index in [1.807, 2.05) is 0 Å². The molecular formula is C9H9BrFN3. The van der Waals surface area contributed by atoms with Crippen LogP contribution in [0.3, 0.4) is 0 Å². The first-order valence-electron chi connectivity index (χ1n) is 4.25. The minimum Gasteiger partial charge on any atom is -0.330 e. The van der Waals surface area contributed by atoms with E-state index in [9.17, 15) is 4.39 Å². The van der Waals surface area contributed by atoms with Crippen molar-refractivity contribution in [3.05, 3.63) is 34.6 Å². The molecule has 5 heteroatoms. The van der Waals surface area contributed by atoms with Gasteiger partial charge >= 0.3 is 0 Å². The van der Waals surface area contributed by atoms with Crippen molar-refractivity contribution >= 4 is 21.4 Å². The first-order valence-corrected chi connectivity index (χ1v) is 5.04. The summed E-state index contributed by atoms with van der Waals surface area (Å²) in [5.74, 6) is 0.330. The quantitative estimate of drug-likeness (QED) is 0.834. The lowest BCUT2D eigenvalue weighted by molar-refractivity contribution is 0.557. The second-order valence-corrected chi connectivity index (χ2v) is 3.68. The molecule has 2 aromatic rings. The van der Waals surface area contributed by atoms with Gasteiger partial charge in [0.25, 0.3) is 0 Å². The standard InChI is InChI=1S/C9H9BrFN3/c10-9-6-2-1-3-7(11)14(6)8(13-9)4-5-12/h1-3H,4-5,12H2. The second-order valence-electron chi connectivity index (χ2n) is 2.93. The minimum atomic E-state index is -0.316. The van der Waals surface area contributed by atoms with Gasteiger partial charge in [-0.2, -0.15) is 4.39 Å². The number of halogens is 2. The fourth-order valence-corrected chi connectivity index (χ4v) is 1.94. The number of rotatable bonds is 2. The van der Waals surface area contributed by atoms with Crippen LogP contribution in [0.4, 0.5) is 4.39 Å². The lowest BCUT2D eigenvalue weighted by atomic mass is 10.4. The van der Waals surface area contributed by atoms with E-state index in [0.29, 0.717) is 23.4 Å². The van der Waals surface area contributed by atoms with Gasteiger partial charge in [0.05, 0.1) is 5.52 Å². The van der Waals surface area contributed by atoms with Gasteiger partial charge in [0.15, 0.2) is 5.95 Å². The zero-order valence-electron chi connectivity index (χ0n) is 7.37. The Morgan fingerprint density at radius 3 is 3.00 bits per heavy atom. The Balaban J connectivity index is 2.72. The van der Waals surface area contributed by atoms with Crippen LogP contribution in [0.25, 0.3) is 5.52 Å². The smallest absolute Gasteiger partial charge is 0.199 e. The Labute approximate surface area is 88.9 Å². The zero-order valence-corrected chi connectivity index (χ0v) is 8.96. The van der Waals surface area contributed by atoms with E-state index in [4.69, 9.17) is 5.73 Å². The molecule has 0 unspecified atom stereocenters. The number of nitrogens with two attached hydrogens (primary N) is 1. The maximum absolute atomic E-state index is 13.4. The van der Waals surface area contributed by atoms with Crippen LogP contribution in [0.5, 0.6) is 0 Å². The molecular weight excluding hydrogens is 249 g/mol. The van der Waals surface area contributed by atoms with Gasteiger partial charge in [0, 0.05) is 6.42 Å².